The topological polar surface area (TPSA) is 15.3 Å². The fraction of sp³-hybridized carbons (Fsp3) is 0.200. The Kier molecular flexibility index (Phi) is 4.34. The highest BCUT2D eigenvalue weighted by Crippen LogP contribution is 2.13. The Morgan fingerprint density at radius 1 is 0.895 bits per heavy atom. The molecule has 2 aromatic carbocycles. The summed E-state index contributed by atoms with van der Waals surface area (Å²) in [4.78, 5) is 2.02. The molecule has 0 amide bonds. The molecule has 0 heterocycles. The number of hydrogen-bond acceptors (Lipinski definition) is 2. The van der Waals surface area contributed by atoms with E-state index in [9.17, 15) is 8.78 Å². The maximum atomic E-state index is 12.8. The molecule has 19 heavy (non-hydrogen) atoms. The summed E-state index contributed by atoms with van der Waals surface area (Å²) in [5.74, 6) is -0.476. The number of halogens is 2. The largest absolute Gasteiger partial charge is 0.383 e. The van der Waals surface area contributed by atoms with E-state index in [-0.39, 0.29) is 11.6 Å². The number of nitrogens with one attached hydrogen (secondary N) is 1. The third-order valence-electron chi connectivity index (χ3n) is 2.89. The van der Waals surface area contributed by atoms with Crippen LogP contribution in [0.15, 0.2) is 48.5 Å². The highest BCUT2D eigenvalue weighted by molar-refractivity contribution is 5.46. The quantitative estimate of drug-likeness (QED) is 0.887. The van der Waals surface area contributed by atoms with Crippen LogP contribution in [0.1, 0.15) is 0 Å². The zero-order valence-electron chi connectivity index (χ0n) is 10.7. The van der Waals surface area contributed by atoms with Gasteiger partial charge in [-0.25, -0.2) is 8.78 Å². The lowest BCUT2D eigenvalue weighted by atomic mass is 10.3. The van der Waals surface area contributed by atoms with Crippen LogP contribution in [0.25, 0.3) is 0 Å². The monoisotopic (exact) mass is 262 g/mol. The van der Waals surface area contributed by atoms with Gasteiger partial charge in [0.1, 0.15) is 11.6 Å². The lowest BCUT2D eigenvalue weighted by Crippen LogP contribution is -2.24. The molecule has 4 heteroatoms. The van der Waals surface area contributed by atoms with Crippen LogP contribution in [-0.4, -0.2) is 20.1 Å². The molecule has 0 aliphatic carbocycles. The van der Waals surface area contributed by atoms with E-state index in [1.807, 2.05) is 11.9 Å². The van der Waals surface area contributed by atoms with E-state index in [4.69, 9.17) is 0 Å². The third-order valence-corrected chi connectivity index (χ3v) is 2.89. The van der Waals surface area contributed by atoms with Crippen LogP contribution >= 0.6 is 0 Å². The van der Waals surface area contributed by atoms with Crippen LogP contribution in [0.5, 0.6) is 0 Å². The first-order valence-electron chi connectivity index (χ1n) is 6.11. The van der Waals surface area contributed by atoms with Crippen LogP contribution in [0.2, 0.25) is 0 Å². The smallest absolute Gasteiger partial charge is 0.123 e. The average Bonchev–Trinajstić information content (AvgIpc) is 2.41. The van der Waals surface area contributed by atoms with Crippen molar-refractivity contribution >= 4 is 11.4 Å². The van der Waals surface area contributed by atoms with E-state index in [0.29, 0.717) is 0 Å². The number of anilines is 2. The maximum absolute atomic E-state index is 12.8. The summed E-state index contributed by atoms with van der Waals surface area (Å²) >= 11 is 0. The van der Waals surface area contributed by atoms with Crippen LogP contribution in [0, 0.1) is 11.6 Å². The second-order valence-corrected chi connectivity index (χ2v) is 4.33. The van der Waals surface area contributed by atoms with Crippen LogP contribution in [-0.2, 0) is 0 Å². The molecule has 0 saturated carbocycles. The van der Waals surface area contributed by atoms with Gasteiger partial charge in [-0.15, -0.1) is 0 Å². The van der Waals surface area contributed by atoms with Crippen molar-refractivity contribution in [3.05, 3.63) is 60.2 Å². The fourth-order valence-electron chi connectivity index (χ4n) is 1.76. The molecule has 100 valence electrons. The Bertz CT molecular complexity index is 509. The number of benzene rings is 2. The molecule has 0 radical (unpaired) electrons. The standard InChI is InChI=1S/C15H16F2N2/c1-19(15-8-4-13(17)5-9-15)11-10-18-14-6-2-12(16)3-7-14/h2-9,18H,10-11H2,1H3. The molecule has 0 aliphatic rings. The lowest BCUT2D eigenvalue weighted by molar-refractivity contribution is 0.627. The molecule has 0 aromatic heterocycles. The van der Waals surface area contributed by atoms with Crippen molar-refractivity contribution in [3.8, 4) is 0 Å². The van der Waals surface area contributed by atoms with Crippen molar-refractivity contribution in [1.82, 2.24) is 0 Å². The van der Waals surface area contributed by atoms with Crippen LogP contribution in [0.3, 0.4) is 0 Å². The van der Waals surface area contributed by atoms with Gasteiger partial charge in [0.25, 0.3) is 0 Å². The minimum Gasteiger partial charge on any atom is -0.383 e. The molecule has 0 bridgehead atoms. The summed E-state index contributed by atoms with van der Waals surface area (Å²) in [5, 5.41) is 3.20. The minimum atomic E-state index is -0.242. The third kappa shape index (κ3) is 3.95. The number of hydrogen-bond donors (Lipinski definition) is 1. The maximum Gasteiger partial charge on any atom is 0.123 e. The van der Waals surface area contributed by atoms with Gasteiger partial charge in [-0.1, -0.05) is 0 Å². The molecule has 2 aromatic rings. The molecule has 0 unspecified atom stereocenters. The number of likely N-dealkylation sites (N-methyl/N-ethyl adjacent to an activating group) is 1. The SMILES string of the molecule is CN(CCNc1ccc(F)cc1)c1ccc(F)cc1. The summed E-state index contributed by atoms with van der Waals surface area (Å²) in [6, 6.07) is 12.6. The van der Waals surface area contributed by atoms with Crippen molar-refractivity contribution in [3.63, 3.8) is 0 Å². The summed E-state index contributed by atoms with van der Waals surface area (Å²) in [6.07, 6.45) is 0. The fourth-order valence-corrected chi connectivity index (χ4v) is 1.76. The summed E-state index contributed by atoms with van der Waals surface area (Å²) < 4.78 is 25.5. The molecular formula is C15H16F2N2. The van der Waals surface area contributed by atoms with Gasteiger partial charge < -0.3 is 10.2 Å². The normalized spacial score (nSPS) is 10.3. The zero-order chi connectivity index (χ0) is 13.7. The summed E-state index contributed by atoms with van der Waals surface area (Å²) in [6.45, 7) is 1.49. The molecule has 0 fully saturated rings. The van der Waals surface area contributed by atoms with E-state index < -0.39 is 0 Å². The van der Waals surface area contributed by atoms with Crippen molar-refractivity contribution < 1.29 is 8.78 Å². The Hall–Kier alpha value is -2.10. The van der Waals surface area contributed by atoms with Crippen molar-refractivity contribution in [1.29, 1.82) is 0 Å². The van der Waals surface area contributed by atoms with Gasteiger partial charge in [0, 0.05) is 31.5 Å². The summed E-state index contributed by atoms with van der Waals surface area (Å²) in [7, 11) is 1.94. The van der Waals surface area contributed by atoms with Crippen molar-refractivity contribution in [2.45, 2.75) is 0 Å². The second-order valence-electron chi connectivity index (χ2n) is 4.33. The molecule has 0 aliphatic heterocycles. The number of rotatable bonds is 5. The van der Waals surface area contributed by atoms with E-state index in [2.05, 4.69) is 5.32 Å². The second kappa shape index (κ2) is 6.18. The predicted octanol–water partition coefficient (Wildman–Crippen LogP) is 3.51. The molecular weight excluding hydrogens is 246 g/mol. The Morgan fingerprint density at radius 3 is 2.00 bits per heavy atom. The zero-order valence-corrected chi connectivity index (χ0v) is 10.7. The predicted molar refractivity (Wildman–Crippen MR) is 74.6 cm³/mol. The van der Waals surface area contributed by atoms with Gasteiger partial charge in [-0.05, 0) is 48.5 Å². The Morgan fingerprint density at radius 2 is 1.42 bits per heavy atom. The molecule has 0 atom stereocenters. The first-order chi connectivity index (χ1) is 9.15. The average molecular weight is 262 g/mol. The van der Waals surface area contributed by atoms with Crippen molar-refractivity contribution in [2.75, 3.05) is 30.4 Å². The van der Waals surface area contributed by atoms with Gasteiger partial charge >= 0.3 is 0 Å². The van der Waals surface area contributed by atoms with Gasteiger partial charge in [0.05, 0.1) is 0 Å². The Balaban J connectivity index is 1.82. The van der Waals surface area contributed by atoms with E-state index in [0.717, 1.165) is 24.5 Å². The molecule has 0 saturated heterocycles. The van der Waals surface area contributed by atoms with Crippen molar-refractivity contribution in [2.24, 2.45) is 0 Å². The molecule has 1 N–H and O–H groups in total. The van der Waals surface area contributed by atoms with Gasteiger partial charge in [0.2, 0.25) is 0 Å². The minimum absolute atomic E-state index is 0.235. The van der Waals surface area contributed by atoms with Gasteiger partial charge in [-0.2, -0.15) is 0 Å². The molecule has 2 rings (SSSR count). The molecule has 0 spiro atoms. The highest BCUT2D eigenvalue weighted by Gasteiger charge is 2.00. The van der Waals surface area contributed by atoms with Gasteiger partial charge in [0.15, 0.2) is 0 Å². The lowest BCUT2D eigenvalue weighted by Gasteiger charge is -2.19. The first-order valence-corrected chi connectivity index (χ1v) is 6.11. The van der Waals surface area contributed by atoms with E-state index in [1.165, 1.54) is 24.3 Å². The summed E-state index contributed by atoms with van der Waals surface area (Å²) in [5.41, 5.74) is 1.84. The van der Waals surface area contributed by atoms with Gasteiger partial charge in [-0.3, -0.25) is 0 Å². The number of nitrogens with zero attached hydrogens (tertiary/aromatic N) is 1. The van der Waals surface area contributed by atoms with E-state index >= 15 is 0 Å². The highest BCUT2D eigenvalue weighted by atomic mass is 19.1. The van der Waals surface area contributed by atoms with Crippen LogP contribution < -0.4 is 10.2 Å². The Labute approximate surface area is 111 Å². The molecule has 2 nitrogen and oxygen atoms in total. The van der Waals surface area contributed by atoms with Crippen LogP contribution in [0.4, 0.5) is 20.2 Å². The first kappa shape index (κ1) is 13.3. The van der Waals surface area contributed by atoms with E-state index in [1.54, 1.807) is 24.3 Å².